The third kappa shape index (κ3) is 4.18. The first kappa shape index (κ1) is 16.3. The van der Waals surface area contributed by atoms with Gasteiger partial charge in [-0.05, 0) is 48.9 Å². The number of aliphatic hydroxyl groups is 1. The van der Waals surface area contributed by atoms with Crippen molar-refractivity contribution in [2.75, 3.05) is 20.3 Å². The van der Waals surface area contributed by atoms with Gasteiger partial charge >= 0.3 is 0 Å². The first-order valence-electron chi connectivity index (χ1n) is 7.31. The summed E-state index contributed by atoms with van der Waals surface area (Å²) in [6.45, 7) is 0.522. The van der Waals surface area contributed by atoms with Gasteiger partial charge in [-0.1, -0.05) is 12.8 Å². The summed E-state index contributed by atoms with van der Waals surface area (Å²) in [5.41, 5.74) is 0. The SMILES string of the molecule is COc1ccc(S(=O)(=O)NCC2CCCCC2CO)cc1. The number of hydrogen-bond acceptors (Lipinski definition) is 4. The van der Waals surface area contributed by atoms with E-state index in [2.05, 4.69) is 4.72 Å². The highest BCUT2D eigenvalue weighted by Crippen LogP contribution is 2.29. The fourth-order valence-electron chi connectivity index (χ4n) is 2.85. The summed E-state index contributed by atoms with van der Waals surface area (Å²) in [7, 11) is -1.96. The van der Waals surface area contributed by atoms with Crippen molar-refractivity contribution in [3.8, 4) is 5.75 Å². The molecule has 0 heterocycles. The Kier molecular flexibility index (Phi) is 5.61. The number of methoxy groups -OCH3 is 1. The van der Waals surface area contributed by atoms with Crippen LogP contribution in [-0.2, 0) is 10.0 Å². The fraction of sp³-hybridized carbons (Fsp3) is 0.600. The zero-order valence-electron chi connectivity index (χ0n) is 12.3. The highest BCUT2D eigenvalue weighted by Gasteiger charge is 2.26. The molecule has 1 saturated carbocycles. The summed E-state index contributed by atoms with van der Waals surface area (Å²) in [5.74, 6) is 1.05. The van der Waals surface area contributed by atoms with Crippen LogP contribution in [0.2, 0.25) is 0 Å². The zero-order chi connectivity index (χ0) is 15.3. The van der Waals surface area contributed by atoms with Gasteiger partial charge in [-0.25, -0.2) is 13.1 Å². The minimum Gasteiger partial charge on any atom is -0.497 e. The number of aliphatic hydroxyl groups excluding tert-OH is 1. The third-order valence-corrected chi connectivity index (χ3v) is 5.65. The van der Waals surface area contributed by atoms with E-state index in [-0.39, 0.29) is 23.3 Å². The maximum absolute atomic E-state index is 12.3. The Morgan fingerprint density at radius 3 is 2.38 bits per heavy atom. The van der Waals surface area contributed by atoms with Crippen molar-refractivity contribution < 1.29 is 18.3 Å². The average Bonchev–Trinajstić information content (AvgIpc) is 2.53. The van der Waals surface area contributed by atoms with Crippen LogP contribution in [0.15, 0.2) is 29.2 Å². The largest absolute Gasteiger partial charge is 0.497 e. The Morgan fingerprint density at radius 2 is 1.81 bits per heavy atom. The predicted octanol–water partition coefficient (Wildman–Crippen LogP) is 1.77. The number of rotatable bonds is 6. The summed E-state index contributed by atoms with van der Waals surface area (Å²) in [5, 5.41) is 9.37. The van der Waals surface area contributed by atoms with E-state index in [0.29, 0.717) is 12.3 Å². The lowest BCUT2D eigenvalue weighted by atomic mass is 9.80. The van der Waals surface area contributed by atoms with Crippen LogP contribution in [0, 0.1) is 11.8 Å². The molecule has 6 heteroatoms. The molecule has 2 atom stereocenters. The van der Waals surface area contributed by atoms with Crippen LogP contribution >= 0.6 is 0 Å². The maximum atomic E-state index is 12.3. The van der Waals surface area contributed by atoms with Gasteiger partial charge in [0, 0.05) is 13.2 Å². The first-order valence-corrected chi connectivity index (χ1v) is 8.79. The molecular formula is C15H23NO4S. The number of ether oxygens (including phenoxy) is 1. The van der Waals surface area contributed by atoms with Crippen LogP contribution in [0.1, 0.15) is 25.7 Å². The highest BCUT2D eigenvalue weighted by molar-refractivity contribution is 7.89. The third-order valence-electron chi connectivity index (χ3n) is 4.21. The van der Waals surface area contributed by atoms with Crippen molar-refractivity contribution in [2.45, 2.75) is 30.6 Å². The Hall–Kier alpha value is -1.11. The van der Waals surface area contributed by atoms with E-state index in [1.165, 1.54) is 12.1 Å². The van der Waals surface area contributed by atoms with Crippen LogP contribution in [0.4, 0.5) is 0 Å². The summed E-state index contributed by atoms with van der Waals surface area (Å²) in [6, 6.07) is 6.33. The molecule has 1 aromatic rings. The normalized spacial score (nSPS) is 23.0. The minimum atomic E-state index is -3.50. The van der Waals surface area contributed by atoms with Crippen molar-refractivity contribution in [2.24, 2.45) is 11.8 Å². The van der Waals surface area contributed by atoms with Crippen molar-refractivity contribution >= 4 is 10.0 Å². The Bertz CT molecular complexity index is 541. The molecule has 0 radical (unpaired) electrons. The second-order valence-electron chi connectivity index (χ2n) is 5.51. The molecule has 1 fully saturated rings. The summed E-state index contributed by atoms with van der Waals surface area (Å²) in [4.78, 5) is 0.236. The quantitative estimate of drug-likeness (QED) is 0.839. The van der Waals surface area contributed by atoms with Crippen molar-refractivity contribution in [3.05, 3.63) is 24.3 Å². The molecule has 2 N–H and O–H groups in total. The van der Waals surface area contributed by atoms with Gasteiger partial charge in [-0.2, -0.15) is 0 Å². The minimum absolute atomic E-state index is 0.134. The molecule has 1 aliphatic carbocycles. The van der Waals surface area contributed by atoms with Gasteiger partial charge in [-0.3, -0.25) is 0 Å². The molecule has 21 heavy (non-hydrogen) atoms. The standard InChI is InChI=1S/C15H23NO4S/c1-20-14-6-8-15(9-7-14)21(18,19)16-10-12-4-2-3-5-13(12)11-17/h6-9,12-13,16-17H,2-5,10-11H2,1H3. The molecular weight excluding hydrogens is 290 g/mol. The predicted molar refractivity (Wildman–Crippen MR) is 80.7 cm³/mol. The smallest absolute Gasteiger partial charge is 0.240 e. The summed E-state index contributed by atoms with van der Waals surface area (Å²) < 4.78 is 32.2. The van der Waals surface area contributed by atoms with Crippen LogP contribution in [0.5, 0.6) is 5.75 Å². The van der Waals surface area contributed by atoms with E-state index in [9.17, 15) is 13.5 Å². The van der Waals surface area contributed by atoms with Gasteiger partial charge in [0.1, 0.15) is 5.75 Å². The van der Waals surface area contributed by atoms with E-state index >= 15 is 0 Å². The first-order chi connectivity index (χ1) is 10.1. The molecule has 2 rings (SSSR count). The van der Waals surface area contributed by atoms with E-state index in [1.807, 2.05) is 0 Å². The Balaban J connectivity index is 1.99. The zero-order valence-corrected chi connectivity index (χ0v) is 13.1. The molecule has 0 spiro atoms. The molecule has 0 bridgehead atoms. The monoisotopic (exact) mass is 313 g/mol. The van der Waals surface area contributed by atoms with E-state index in [4.69, 9.17) is 4.74 Å². The molecule has 0 aliphatic heterocycles. The number of nitrogens with one attached hydrogen (secondary N) is 1. The van der Waals surface area contributed by atoms with Gasteiger partial charge in [0.15, 0.2) is 0 Å². The average molecular weight is 313 g/mol. The molecule has 2 unspecified atom stereocenters. The van der Waals surface area contributed by atoms with Crippen LogP contribution in [0.25, 0.3) is 0 Å². The molecule has 5 nitrogen and oxygen atoms in total. The second-order valence-corrected chi connectivity index (χ2v) is 7.28. The van der Waals surface area contributed by atoms with E-state index in [0.717, 1.165) is 25.7 Å². The van der Waals surface area contributed by atoms with Gasteiger partial charge in [-0.15, -0.1) is 0 Å². The summed E-state index contributed by atoms with van der Waals surface area (Å²) >= 11 is 0. The topological polar surface area (TPSA) is 75.6 Å². The maximum Gasteiger partial charge on any atom is 0.240 e. The van der Waals surface area contributed by atoms with Gasteiger partial charge < -0.3 is 9.84 Å². The number of benzene rings is 1. The molecule has 0 amide bonds. The lowest BCUT2D eigenvalue weighted by Crippen LogP contribution is -2.35. The molecule has 118 valence electrons. The molecule has 0 saturated heterocycles. The van der Waals surface area contributed by atoms with Crippen molar-refractivity contribution in [3.63, 3.8) is 0 Å². The summed E-state index contributed by atoms with van der Waals surface area (Å²) in [6.07, 6.45) is 4.17. The molecule has 1 aliphatic rings. The number of hydrogen-bond donors (Lipinski definition) is 2. The lowest BCUT2D eigenvalue weighted by Gasteiger charge is -2.30. The molecule has 0 aromatic heterocycles. The Labute approximate surface area is 126 Å². The second kappa shape index (κ2) is 7.24. The highest BCUT2D eigenvalue weighted by atomic mass is 32.2. The van der Waals surface area contributed by atoms with Crippen LogP contribution in [-0.4, -0.2) is 33.8 Å². The van der Waals surface area contributed by atoms with Crippen LogP contribution in [0.3, 0.4) is 0 Å². The Morgan fingerprint density at radius 1 is 1.19 bits per heavy atom. The number of sulfonamides is 1. The van der Waals surface area contributed by atoms with E-state index < -0.39 is 10.0 Å². The van der Waals surface area contributed by atoms with Crippen molar-refractivity contribution in [1.29, 1.82) is 0 Å². The van der Waals surface area contributed by atoms with Crippen LogP contribution < -0.4 is 9.46 Å². The lowest BCUT2D eigenvalue weighted by molar-refractivity contribution is 0.136. The van der Waals surface area contributed by atoms with E-state index in [1.54, 1.807) is 19.2 Å². The van der Waals surface area contributed by atoms with Gasteiger partial charge in [0.25, 0.3) is 0 Å². The molecule has 1 aromatic carbocycles. The van der Waals surface area contributed by atoms with Gasteiger partial charge in [0.05, 0.1) is 12.0 Å². The fourth-order valence-corrected chi connectivity index (χ4v) is 3.94. The van der Waals surface area contributed by atoms with Gasteiger partial charge in [0.2, 0.25) is 10.0 Å². The van der Waals surface area contributed by atoms with Crippen molar-refractivity contribution in [1.82, 2.24) is 4.72 Å².